The fraction of sp³-hybridized carbons (Fsp3) is 0.700. The van der Waals surface area contributed by atoms with Gasteiger partial charge in [0.2, 0.25) is 11.8 Å². The quantitative estimate of drug-likeness (QED) is 0.365. The molecule has 7 heteroatoms. The summed E-state index contributed by atoms with van der Waals surface area (Å²) < 4.78 is 5.46. The van der Waals surface area contributed by atoms with Gasteiger partial charge in [0.05, 0.1) is 0 Å². The molecule has 0 saturated heterocycles. The molecule has 7 nitrogen and oxygen atoms in total. The molecule has 1 aromatic carbocycles. The summed E-state index contributed by atoms with van der Waals surface area (Å²) in [6.45, 7) is 23.1. The van der Waals surface area contributed by atoms with Crippen LogP contribution in [-0.2, 0) is 14.3 Å². The SMILES string of the molecule is CCCC(C)NC(=O)C(c1ccc(C)cc1C)N(C(=O)C(NC(=O)OC(C)(C)C)C(C)C)C(C)(C)CC. The van der Waals surface area contributed by atoms with Crippen molar-refractivity contribution in [2.24, 2.45) is 5.92 Å². The number of amides is 3. The Kier molecular flexibility index (Phi) is 11.7. The lowest BCUT2D eigenvalue weighted by atomic mass is 9.88. The first-order valence-electron chi connectivity index (χ1n) is 13.6. The van der Waals surface area contributed by atoms with Crippen LogP contribution in [0.25, 0.3) is 0 Å². The van der Waals surface area contributed by atoms with Crippen LogP contribution < -0.4 is 10.6 Å². The van der Waals surface area contributed by atoms with E-state index in [9.17, 15) is 14.4 Å². The van der Waals surface area contributed by atoms with Crippen LogP contribution in [0, 0.1) is 19.8 Å². The van der Waals surface area contributed by atoms with E-state index in [0.717, 1.165) is 29.5 Å². The summed E-state index contributed by atoms with van der Waals surface area (Å²) in [5, 5.41) is 5.94. The fourth-order valence-electron chi connectivity index (χ4n) is 4.40. The summed E-state index contributed by atoms with van der Waals surface area (Å²) in [5.74, 6) is -0.754. The molecule has 0 aliphatic carbocycles. The molecular weight excluding hydrogens is 466 g/mol. The van der Waals surface area contributed by atoms with Crippen molar-refractivity contribution in [1.82, 2.24) is 15.5 Å². The van der Waals surface area contributed by atoms with Crippen LogP contribution in [0.15, 0.2) is 18.2 Å². The predicted molar refractivity (Wildman–Crippen MR) is 150 cm³/mol. The number of rotatable bonds is 11. The lowest BCUT2D eigenvalue weighted by molar-refractivity contribution is -0.150. The van der Waals surface area contributed by atoms with Gasteiger partial charge in [-0.2, -0.15) is 0 Å². The van der Waals surface area contributed by atoms with Crippen molar-refractivity contribution < 1.29 is 19.1 Å². The Bertz CT molecular complexity index is 933. The Morgan fingerprint density at radius 2 is 1.57 bits per heavy atom. The molecule has 1 rings (SSSR count). The van der Waals surface area contributed by atoms with Gasteiger partial charge in [0.25, 0.3) is 0 Å². The number of nitrogens with zero attached hydrogens (tertiary/aromatic N) is 1. The van der Waals surface area contributed by atoms with Crippen LogP contribution in [0.3, 0.4) is 0 Å². The van der Waals surface area contributed by atoms with E-state index in [1.165, 1.54) is 0 Å². The van der Waals surface area contributed by atoms with Crippen molar-refractivity contribution in [2.45, 2.75) is 132 Å². The van der Waals surface area contributed by atoms with E-state index in [4.69, 9.17) is 4.74 Å². The smallest absolute Gasteiger partial charge is 0.408 e. The molecule has 0 aliphatic heterocycles. The van der Waals surface area contributed by atoms with E-state index in [1.807, 2.05) is 73.6 Å². The lowest BCUT2D eigenvalue weighted by Gasteiger charge is -2.45. The van der Waals surface area contributed by atoms with Crippen LogP contribution in [0.5, 0.6) is 0 Å². The number of carbonyl (C=O) groups is 3. The Morgan fingerprint density at radius 3 is 2.03 bits per heavy atom. The van der Waals surface area contributed by atoms with Gasteiger partial charge in [-0.3, -0.25) is 9.59 Å². The maximum atomic E-state index is 14.4. The molecule has 0 radical (unpaired) electrons. The second kappa shape index (κ2) is 13.3. The normalized spacial score (nSPS) is 14.5. The molecule has 0 fully saturated rings. The topological polar surface area (TPSA) is 87.7 Å². The van der Waals surface area contributed by atoms with Crippen LogP contribution in [0.4, 0.5) is 4.79 Å². The number of carbonyl (C=O) groups excluding carboxylic acids is 3. The van der Waals surface area contributed by atoms with E-state index < -0.39 is 29.3 Å². The minimum atomic E-state index is -0.866. The van der Waals surface area contributed by atoms with Crippen LogP contribution >= 0.6 is 0 Å². The summed E-state index contributed by atoms with van der Waals surface area (Å²) in [4.78, 5) is 42.7. The molecule has 2 N–H and O–H groups in total. The van der Waals surface area contributed by atoms with Gasteiger partial charge >= 0.3 is 6.09 Å². The van der Waals surface area contributed by atoms with E-state index in [1.54, 1.807) is 25.7 Å². The highest BCUT2D eigenvalue weighted by Gasteiger charge is 2.44. The summed E-state index contributed by atoms with van der Waals surface area (Å²) in [5.41, 5.74) is 1.43. The zero-order chi connectivity index (χ0) is 28.7. The van der Waals surface area contributed by atoms with Crippen LogP contribution in [0.1, 0.15) is 111 Å². The maximum absolute atomic E-state index is 14.4. The summed E-state index contributed by atoms with van der Waals surface area (Å²) >= 11 is 0. The molecule has 0 aromatic heterocycles. The van der Waals surface area contributed by atoms with Crippen LogP contribution in [-0.4, -0.2) is 46.0 Å². The minimum absolute atomic E-state index is 0.0340. The van der Waals surface area contributed by atoms with Gasteiger partial charge in [-0.15, -0.1) is 0 Å². The van der Waals surface area contributed by atoms with Crippen molar-refractivity contribution in [2.75, 3.05) is 0 Å². The van der Waals surface area contributed by atoms with Gasteiger partial charge in [-0.1, -0.05) is 57.9 Å². The molecular formula is C30H51N3O4. The van der Waals surface area contributed by atoms with Crippen molar-refractivity contribution >= 4 is 17.9 Å². The van der Waals surface area contributed by atoms with Crippen molar-refractivity contribution in [3.8, 4) is 0 Å². The highest BCUT2D eigenvalue weighted by atomic mass is 16.6. The van der Waals surface area contributed by atoms with E-state index in [0.29, 0.717) is 6.42 Å². The Labute approximate surface area is 225 Å². The van der Waals surface area contributed by atoms with Gasteiger partial charge in [-0.25, -0.2) is 4.79 Å². The molecule has 210 valence electrons. The fourth-order valence-corrected chi connectivity index (χ4v) is 4.40. The van der Waals surface area contributed by atoms with Gasteiger partial charge in [0, 0.05) is 11.6 Å². The summed E-state index contributed by atoms with van der Waals surface area (Å²) in [6.07, 6.45) is 1.74. The molecule has 1 aromatic rings. The Hall–Kier alpha value is -2.57. The molecule has 0 heterocycles. The lowest BCUT2D eigenvalue weighted by Crippen LogP contribution is -2.61. The van der Waals surface area contributed by atoms with Crippen molar-refractivity contribution in [3.63, 3.8) is 0 Å². The third-order valence-corrected chi connectivity index (χ3v) is 6.70. The van der Waals surface area contributed by atoms with Gasteiger partial charge in [-0.05, 0) is 85.3 Å². The molecule has 0 bridgehead atoms. The molecule has 3 atom stereocenters. The first kappa shape index (κ1) is 32.5. The molecule has 0 saturated carbocycles. The van der Waals surface area contributed by atoms with E-state index in [2.05, 4.69) is 17.6 Å². The number of alkyl carbamates (subject to hydrolysis) is 1. The largest absolute Gasteiger partial charge is 0.444 e. The number of hydrogen-bond donors (Lipinski definition) is 2. The molecule has 3 amide bonds. The third-order valence-electron chi connectivity index (χ3n) is 6.70. The van der Waals surface area contributed by atoms with E-state index in [-0.39, 0.29) is 23.8 Å². The first-order valence-corrected chi connectivity index (χ1v) is 13.6. The number of ether oxygens (including phenoxy) is 1. The van der Waals surface area contributed by atoms with Gasteiger partial charge in [0.15, 0.2) is 0 Å². The van der Waals surface area contributed by atoms with Gasteiger partial charge < -0.3 is 20.3 Å². The predicted octanol–water partition coefficient (Wildman–Crippen LogP) is 6.22. The van der Waals surface area contributed by atoms with Crippen LogP contribution in [0.2, 0.25) is 0 Å². The Balaban J connectivity index is 3.70. The summed E-state index contributed by atoms with van der Waals surface area (Å²) in [7, 11) is 0. The minimum Gasteiger partial charge on any atom is -0.444 e. The Morgan fingerprint density at radius 1 is 0.973 bits per heavy atom. The standard InChI is InChI=1S/C30H51N3O4/c1-13-15-22(7)31-26(34)25(23-17-16-20(5)18-21(23)6)33(30(11,12)14-2)27(35)24(19(3)4)32-28(36)37-29(8,9)10/h16-19,22,24-25H,13-15H2,1-12H3,(H,31,34)(H,32,36). The number of aryl methyl sites for hydroxylation is 2. The monoisotopic (exact) mass is 517 g/mol. The molecule has 3 unspecified atom stereocenters. The highest BCUT2D eigenvalue weighted by Crippen LogP contribution is 2.34. The number of nitrogens with one attached hydrogen (secondary N) is 2. The average Bonchev–Trinajstić information content (AvgIpc) is 2.74. The average molecular weight is 518 g/mol. The van der Waals surface area contributed by atoms with E-state index >= 15 is 0 Å². The molecule has 37 heavy (non-hydrogen) atoms. The second-order valence-electron chi connectivity index (χ2n) is 12.2. The number of hydrogen-bond acceptors (Lipinski definition) is 4. The van der Waals surface area contributed by atoms with Crippen molar-refractivity contribution in [3.05, 3.63) is 34.9 Å². The maximum Gasteiger partial charge on any atom is 0.408 e. The zero-order valence-electron chi connectivity index (χ0n) is 25.2. The first-order chi connectivity index (χ1) is 16.9. The highest BCUT2D eigenvalue weighted by molar-refractivity contribution is 5.93. The van der Waals surface area contributed by atoms with Crippen molar-refractivity contribution in [1.29, 1.82) is 0 Å². The molecule has 0 spiro atoms. The summed E-state index contributed by atoms with van der Waals surface area (Å²) in [6, 6.07) is 4.19. The second-order valence-corrected chi connectivity index (χ2v) is 12.2. The number of benzene rings is 1. The third kappa shape index (κ3) is 9.35. The van der Waals surface area contributed by atoms with Gasteiger partial charge in [0.1, 0.15) is 17.7 Å². The molecule has 0 aliphatic rings. The zero-order valence-corrected chi connectivity index (χ0v) is 25.2.